The van der Waals surface area contributed by atoms with E-state index in [0.717, 1.165) is 0 Å². The van der Waals surface area contributed by atoms with E-state index in [2.05, 4.69) is 0 Å². The molecule has 0 saturated carbocycles. The van der Waals surface area contributed by atoms with Crippen LogP contribution in [0.3, 0.4) is 0 Å². The van der Waals surface area contributed by atoms with Crippen LogP contribution in [-0.4, -0.2) is 47.8 Å². The van der Waals surface area contributed by atoms with Crippen molar-refractivity contribution in [2.45, 2.75) is 44.4 Å². The minimum atomic E-state index is -0.749. The molecule has 1 aliphatic rings. The topological polar surface area (TPSA) is 58.9 Å². The van der Waals surface area contributed by atoms with Crippen LogP contribution in [-0.2, 0) is 9.47 Å². The lowest BCUT2D eigenvalue weighted by atomic mass is 9.96. The largest absolute Gasteiger partial charge is 0.388 e. The van der Waals surface area contributed by atoms with Gasteiger partial charge in [-0.3, -0.25) is 0 Å². The van der Waals surface area contributed by atoms with Gasteiger partial charge in [-0.2, -0.15) is 0 Å². The molecular weight excluding hydrogens is 160 g/mol. The molecule has 0 aromatic carbocycles. The Labute approximate surface area is 72.1 Å². The lowest BCUT2D eigenvalue weighted by Crippen LogP contribution is -2.56. The summed E-state index contributed by atoms with van der Waals surface area (Å²) < 4.78 is 10.2. The summed E-state index contributed by atoms with van der Waals surface area (Å²) in [4.78, 5) is 0. The Hall–Kier alpha value is -0.160. The van der Waals surface area contributed by atoms with E-state index in [1.54, 1.807) is 13.8 Å². The standard InChI is InChI=1S/C8H16O4/c1-4-6(9)8(11-3)7(10)5(2)12-4/h4-10H,1-3H3/t4-,5?,6-,7+,8+/m0/s1. The van der Waals surface area contributed by atoms with Crippen molar-refractivity contribution < 1.29 is 19.7 Å². The summed E-state index contributed by atoms with van der Waals surface area (Å²) in [5.74, 6) is 0. The summed E-state index contributed by atoms with van der Waals surface area (Å²) >= 11 is 0. The fourth-order valence-electron chi connectivity index (χ4n) is 1.51. The summed E-state index contributed by atoms with van der Waals surface area (Å²) in [6.45, 7) is 3.53. The number of methoxy groups -OCH3 is 1. The highest BCUT2D eigenvalue weighted by atomic mass is 16.6. The normalized spacial score (nSPS) is 49.2. The highest BCUT2D eigenvalue weighted by Crippen LogP contribution is 2.22. The Morgan fingerprint density at radius 2 is 1.50 bits per heavy atom. The molecule has 1 aliphatic heterocycles. The van der Waals surface area contributed by atoms with Crippen LogP contribution < -0.4 is 0 Å². The van der Waals surface area contributed by atoms with Gasteiger partial charge in [0.05, 0.1) is 12.2 Å². The molecule has 1 rings (SSSR count). The fraction of sp³-hybridized carbons (Fsp3) is 1.00. The van der Waals surface area contributed by atoms with E-state index in [4.69, 9.17) is 9.47 Å². The van der Waals surface area contributed by atoms with Crippen LogP contribution in [0.15, 0.2) is 0 Å². The molecule has 0 radical (unpaired) electrons. The van der Waals surface area contributed by atoms with Gasteiger partial charge in [-0.05, 0) is 13.8 Å². The van der Waals surface area contributed by atoms with Gasteiger partial charge in [0, 0.05) is 7.11 Å². The fourth-order valence-corrected chi connectivity index (χ4v) is 1.51. The molecule has 0 bridgehead atoms. The zero-order valence-electron chi connectivity index (χ0n) is 7.60. The van der Waals surface area contributed by atoms with Crippen LogP contribution in [0.5, 0.6) is 0 Å². The van der Waals surface area contributed by atoms with Gasteiger partial charge in [0.2, 0.25) is 0 Å². The predicted octanol–water partition coefficient (Wildman–Crippen LogP) is -0.470. The first-order chi connectivity index (χ1) is 5.57. The summed E-state index contributed by atoms with van der Waals surface area (Å²) in [5, 5.41) is 19.0. The summed E-state index contributed by atoms with van der Waals surface area (Å²) in [6, 6.07) is 0. The van der Waals surface area contributed by atoms with E-state index < -0.39 is 18.3 Å². The molecule has 1 unspecified atom stereocenters. The molecule has 1 heterocycles. The van der Waals surface area contributed by atoms with Gasteiger partial charge in [0.15, 0.2) is 0 Å². The van der Waals surface area contributed by atoms with Crippen molar-refractivity contribution in [1.29, 1.82) is 0 Å². The van der Waals surface area contributed by atoms with Crippen molar-refractivity contribution in [3.05, 3.63) is 0 Å². The maximum atomic E-state index is 9.52. The van der Waals surface area contributed by atoms with Gasteiger partial charge in [0.1, 0.15) is 18.3 Å². The van der Waals surface area contributed by atoms with E-state index in [1.165, 1.54) is 7.11 Å². The zero-order chi connectivity index (χ0) is 9.30. The Kier molecular flexibility index (Phi) is 3.06. The third kappa shape index (κ3) is 1.61. The predicted molar refractivity (Wildman–Crippen MR) is 42.8 cm³/mol. The lowest BCUT2D eigenvalue weighted by Gasteiger charge is -2.39. The number of aliphatic hydroxyl groups excluding tert-OH is 2. The quantitative estimate of drug-likeness (QED) is 0.567. The van der Waals surface area contributed by atoms with Gasteiger partial charge >= 0.3 is 0 Å². The molecule has 1 fully saturated rings. The molecule has 1 saturated heterocycles. The highest BCUT2D eigenvalue weighted by molar-refractivity contribution is 4.89. The Bertz CT molecular complexity index is 136. The van der Waals surface area contributed by atoms with Gasteiger partial charge in [0.25, 0.3) is 0 Å². The molecule has 5 atom stereocenters. The molecule has 0 aromatic rings. The third-order valence-electron chi connectivity index (χ3n) is 2.34. The summed E-state index contributed by atoms with van der Waals surface area (Å²) in [7, 11) is 1.47. The minimum Gasteiger partial charge on any atom is -0.388 e. The first kappa shape index (κ1) is 9.92. The zero-order valence-corrected chi connectivity index (χ0v) is 7.60. The van der Waals surface area contributed by atoms with Crippen molar-refractivity contribution in [2.75, 3.05) is 7.11 Å². The van der Waals surface area contributed by atoms with Gasteiger partial charge in [-0.1, -0.05) is 0 Å². The van der Waals surface area contributed by atoms with E-state index in [1.807, 2.05) is 0 Å². The Morgan fingerprint density at radius 3 is 1.83 bits per heavy atom. The van der Waals surface area contributed by atoms with Gasteiger partial charge in [-0.15, -0.1) is 0 Å². The molecule has 72 valence electrons. The first-order valence-electron chi connectivity index (χ1n) is 4.12. The number of ether oxygens (including phenoxy) is 2. The first-order valence-corrected chi connectivity index (χ1v) is 4.12. The van der Waals surface area contributed by atoms with Gasteiger partial charge in [-0.25, -0.2) is 0 Å². The van der Waals surface area contributed by atoms with Crippen LogP contribution in [0.25, 0.3) is 0 Å². The third-order valence-corrected chi connectivity index (χ3v) is 2.34. The second-order valence-electron chi connectivity index (χ2n) is 3.23. The molecule has 0 aromatic heterocycles. The molecule has 0 amide bonds. The van der Waals surface area contributed by atoms with Crippen LogP contribution in [0.2, 0.25) is 0 Å². The van der Waals surface area contributed by atoms with Crippen molar-refractivity contribution in [2.24, 2.45) is 0 Å². The minimum absolute atomic E-state index is 0.284. The van der Waals surface area contributed by atoms with Crippen molar-refractivity contribution >= 4 is 0 Å². The molecule has 0 aliphatic carbocycles. The van der Waals surface area contributed by atoms with Crippen molar-refractivity contribution in [3.8, 4) is 0 Å². The van der Waals surface area contributed by atoms with E-state index in [-0.39, 0.29) is 12.2 Å². The van der Waals surface area contributed by atoms with Crippen LogP contribution in [0.1, 0.15) is 13.8 Å². The van der Waals surface area contributed by atoms with Crippen molar-refractivity contribution in [3.63, 3.8) is 0 Å². The molecule has 4 nitrogen and oxygen atoms in total. The Morgan fingerprint density at radius 1 is 1.08 bits per heavy atom. The molecule has 2 N–H and O–H groups in total. The highest BCUT2D eigenvalue weighted by Gasteiger charge is 2.40. The monoisotopic (exact) mass is 176 g/mol. The second kappa shape index (κ2) is 3.70. The average molecular weight is 176 g/mol. The maximum absolute atomic E-state index is 9.52. The molecule has 0 spiro atoms. The number of hydrogen-bond donors (Lipinski definition) is 2. The average Bonchev–Trinajstić information content (AvgIpc) is 2.02. The van der Waals surface area contributed by atoms with E-state index in [0.29, 0.717) is 0 Å². The maximum Gasteiger partial charge on any atom is 0.114 e. The van der Waals surface area contributed by atoms with Crippen LogP contribution in [0, 0.1) is 0 Å². The van der Waals surface area contributed by atoms with Gasteiger partial charge < -0.3 is 19.7 Å². The second-order valence-corrected chi connectivity index (χ2v) is 3.23. The summed E-state index contributed by atoms with van der Waals surface area (Å²) in [6.07, 6.45) is -2.60. The van der Waals surface area contributed by atoms with Crippen molar-refractivity contribution in [1.82, 2.24) is 0 Å². The molecular formula is C8H16O4. The summed E-state index contributed by atoms with van der Waals surface area (Å²) in [5.41, 5.74) is 0. The SMILES string of the molecule is CO[C@@H]1[C@@H](O)[C@H](C)OC(C)[C@H]1O. The van der Waals surface area contributed by atoms with Crippen LogP contribution in [0.4, 0.5) is 0 Å². The number of rotatable bonds is 1. The number of aliphatic hydroxyl groups is 2. The Balaban J connectivity index is 2.67. The lowest BCUT2D eigenvalue weighted by molar-refractivity contribution is -0.219. The van der Waals surface area contributed by atoms with E-state index in [9.17, 15) is 10.2 Å². The van der Waals surface area contributed by atoms with E-state index >= 15 is 0 Å². The smallest absolute Gasteiger partial charge is 0.114 e. The van der Waals surface area contributed by atoms with Crippen LogP contribution >= 0.6 is 0 Å². The molecule has 12 heavy (non-hydrogen) atoms. The number of hydrogen-bond acceptors (Lipinski definition) is 4. The molecule has 4 heteroatoms.